The second kappa shape index (κ2) is 7.78. The lowest BCUT2D eigenvalue weighted by Crippen LogP contribution is -2.04. The molecular formula is C21H22N4O. The number of aryl methyl sites for hydroxylation is 2. The fourth-order valence-electron chi connectivity index (χ4n) is 2.72. The highest BCUT2D eigenvalue weighted by Crippen LogP contribution is 2.22. The summed E-state index contributed by atoms with van der Waals surface area (Å²) in [4.78, 5) is 20.6. The Bertz CT molecular complexity index is 937. The number of aromatic nitrogens is 2. The van der Waals surface area contributed by atoms with Crippen molar-refractivity contribution in [3.63, 3.8) is 0 Å². The summed E-state index contributed by atoms with van der Waals surface area (Å²) in [7, 11) is 0. The third-order valence-corrected chi connectivity index (χ3v) is 4.04. The molecule has 2 aromatic carbocycles. The predicted octanol–water partition coefficient (Wildman–Crippen LogP) is 5.04. The number of carbonyl (C=O) groups excluding carboxylic acids is 1. The summed E-state index contributed by atoms with van der Waals surface area (Å²) in [6.45, 7) is 5.60. The molecule has 0 radical (unpaired) electrons. The fraction of sp³-hybridized carbons (Fsp3) is 0.190. The number of hydrogen-bond donors (Lipinski definition) is 2. The van der Waals surface area contributed by atoms with Crippen LogP contribution in [0.1, 0.15) is 35.5 Å². The Labute approximate surface area is 153 Å². The van der Waals surface area contributed by atoms with Gasteiger partial charge in [-0.1, -0.05) is 37.3 Å². The zero-order chi connectivity index (χ0) is 18.5. The second-order valence-corrected chi connectivity index (χ2v) is 6.12. The Kier molecular flexibility index (Phi) is 5.27. The second-order valence-electron chi connectivity index (χ2n) is 6.12. The van der Waals surface area contributed by atoms with E-state index in [1.807, 2.05) is 49.4 Å². The zero-order valence-corrected chi connectivity index (χ0v) is 15.2. The molecule has 2 N–H and O–H groups in total. The lowest BCUT2D eigenvalue weighted by atomic mass is 10.1. The van der Waals surface area contributed by atoms with Crippen molar-refractivity contribution in [3.05, 3.63) is 71.4 Å². The van der Waals surface area contributed by atoms with Crippen LogP contribution in [-0.2, 0) is 6.42 Å². The van der Waals surface area contributed by atoms with Crippen LogP contribution in [0, 0.1) is 6.92 Å². The number of para-hydroxylation sites is 1. The summed E-state index contributed by atoms with van der Waals surface area (Å²) in [5.74, 6) is 1.25. The highest BCUT2D eigenvalue weighted by molar-refractivity contribution is 5.95. The van der Waals surface area contributed by atoms with Gasteiger partial charge in [0, 0.05) is 28.7 Å². The largest absolute Gasteiger partial charge is 0.340 e. The van der Waals surface area contributed by atoms with Crippen LogP contribution >= 0.6 is 0 Å². The highest BCUT2D eigenvalue weighted by Gasteiger charge is 2.07. The van der Waals surface area contributed by atoms with Crippen molar-refractivity contribution in [2.75, 3.05) is 10.6 Å². The molecule has 0 aliphatic rings. The van der Waals surface area contributed by atoms with E-state index in [9.17, 15) is 4.79 Å². The maximum absolute atomic E-state index is 11.6. The van der Waals surface area contributed by atoms with Gasteiger partial charge in [-0.05, 0) is 44.0 Å². The van der Waals surface area contributed by atoms with Gasteiger partial charge in [0.05, 0.1) is 0 Å². The molecule has 0 amide bonds. The Morgan fingerprint density at radius 2 is 1.81 bits per heavy atom. The molecule has 132 valence electrons. The Hall–Kier alpha value is -3.21. The molecule has 0 aliphatic carbocycles. The number of benzene rings is 2. The normalized spacial score (nSPS) is 10.4. The topological polar surface area (TPSA) is 66.9 Å². The molecule has 0 spiro atoms. The molecule has 1 aromatic heterocycles. The van der Waals surface area contributed by atoms with Crippen molar-refractivity contribution in [3.8, 4) is 0 Å². The minimum absolute atomic E-state index is 0.0334. The number of anilines is 4. The molecule has 3 rings (SSSR count). The highest BCUT2D eigenvalue weighted by atomic mass is 16.1. The van der Waals surface area contributed by atoms with Gasteiger partial charge in [-0.15, -0.1) is 0 Å². The van der Waals surface area contributed by atoms with Gasteiger partial charge in [0.1, 0.15) is 5.82 Å². The van der Waals surface area contributed by atoms with Gasteiger partial charge >= 0.3 is 0 Å². The molecule has 5 heteroatoms. The number of carbonyl (C=O) groups is 1. The van der Waals surface area contributed by atoms with Gasteiger partial charge in [-0.3, -0.25) is 4.79 Å². The maximum atomic E-state index is 11.6. The first kappa shape index (κ1) is 17.6. The first-order valence-corrected chi connectivity index (χ1v) is 8.64. The number of ketones is 1. The van der Waals surface area contributed by atoms with Crippen molar-refractivity contribution >= 4 is 28.9 Å². The average Bonchev–Trinajstić information content (AvgIpc) is 2.62. The monoisotopic (exact) mass is 346 g/mol. The van der Waals surface area contributed by atoms with Gasteiger partial charge in [-0.2, -0.15) is 4.98 Å². The van der Waals surface area contributed by atoms with Gasteiger partial charge < -0.3 is 10.6 Å². The molecule has 0 bridgehead atoms. The fourth-order valence-corrected chi connectivity index (χ4v) is 2.72. The maximum Gasteiger partial charge on any atom is 0.229 e. The molecule has 1 heterocycles. The van der Waals surface area contributed by atoms with Gasteiger partial charge in [0.2, 0.25) is 5.95 Å². The van der Waals surface area contributed by atoms with E-state index in [2.05, 4.69) is 33.6 Å². The van der Waals surface area contributed by atoms with Gasteiger partial charge in [0.15, 0.2) is 5.78 Å². The van der Waals surface area contributed by atoms with E-state index in [1.54, 1.807) is 13.0 Å². The first-order chi connectivity index (χ1) is 12.5. The van der Waals surface area contributed by atoms with Crippen LogP contribution in [0.5, 0.6) is 0 Å². The summed E-state index contributed by atoms with van der Waals surface area (Å²) < 4.78 is 0. The summed E-state index contributed by atoms with van der Waals surface area (Å²) >= 11 is 0. The lowest BCUT2D eigenvalue weighted by Gasteiger charge is -2.12. The van der Waals surface area contributed by atoms with Crippen molar-refractivity contribution in [1.29, 1.82) is 0 Å². The van der Waals surface area contributed by atoms with Crippen molar-refractivity contribution in [2.45, 2.75) is 27.2 Å². The SMILES string of the molecule is CCc1ccccc1Nc1nc(C)cc(Nc2cccc(C(C)=O)c2)n1. The third-order valence-electron chi connectivity index (χ3n) is 4.04. The molecule has 0 fully saturated rings. The van der Waals surface area contributed by atoms with Crippen molar-refractivity contribution in [2.24, 2.45) is 0 Å². The molecule has 5 nitrogen and oxygen atoms in total. The zero-order valence-electron chi connectivity index (χ0n) is 15.2. The smallest absolute Gasteiger partial charge is 0.229 e. The van der Waals surface area contributed by atoms with Crippen LogP contribution in [0.25, 0.3) is 0 Å². The number of rotatable bonds is 6. The Morgan fingerprint density at radius 1 is 1.00 bits per heavy atom. The van der Waals surface area contributed by atoms with Crippen molar-refractivity contribution in [1.82, 2.24) is 9.97 Å². The number of hydrogen-bond acceptors (Lipinski definition) is 5. The number of Topliss-reactive ketones (excluding diaryl/α,β-unsaturated/α-hetero) is 1. The van der Waals surface area contributed by atoms with Crippen LogP contribution < -0.4 is 10.6 Å². The van der Waals surface area contributed by atoms with Crippen LogP contribution in [-0.4, -0.2) is 15.8 Å². The summed E-state index contributed by atoms with van der Waals surface area (Å²) in [6, 6.07) is 17.4. The van der Waals surface area contributed by atoms with Gasteiger partial charge in [-0.25, -0.2) is 4.98 Å². The molecule has 0 saturated heterocycles. The minimum Gasteiger partial charge on any atom is -0.340 e. The van der Waals surface area contributed by atoms with E-state index in [-0.39, 0.29) is 5.78 Å². The molecule has 0 unspecified atom stereocenters. The summed E-state index contributed by atoms with van der Waals surface area (Å²) in [5.41, 5.74) is 4.54. The Balaban J connectivity index is 1.86. The number of nitrogens with zero attached hydrogens (tertiary/aromatic N) is 2. The summed E-state index contributed by atoms with van der Waals surface area (Å²) in [5, 5.41) is 6.56. The summed E-state index contributed by atoms with van der Waals surface area (Å²) in [6.07, 6.45) is 0.929. The molecule has 0 saturated carbocycles. The van der Waals surface area contributed by atoms with Crippen molar-refractivity contribution < 1.29 is 4.79 Å². The number of nitrogens with one attached hydrogen (secondary N) is 2. The molecule has 26 heavy (non-hydrogen) atoms. The van der Waals surface area contributed by atoms with E-state index < -0.39 is 0 Å². The van der Waals surface area contributed by atoms with E-state index >= 15 is 0 Å². The van der Waals surface area contributed by atoms with E-state index in [4.69, 9.17) is 0 Å². The predicted molar refractivity (Wildman–Crippen MR) is 106 cm³/mol. The van der Waals surface area contributed by atoms with Crippen LogP contribution in [0.15, 0.2) is 54.6 Å². The minimum atomic E-state index is 0.0334. The van der Waals surface area contributed by atoms with E-state index in [0.717, 1.165) is 23.5 Å². The molecule has 3 aromatic rings. The third kappa shape index (κ3) is 4.25. The van der Waals surface area contributed by atoms with Crippen LogP contribution in [0.3, 0.4) is 0 Å². The van der Waals surface area contributed by atoms with E-state index in [0.29, 0.717) is 17.3 Å². The standard InChI is InChI=1S/C21H22N4O/c1-4-16-8-5-6-11-19(16)24-21-22-14(2)12-20(25-21)23-18-10-7-9-17(13-18)15(3)26/h5-13H,4H2,1-3H3,(H2,22,23,24,25). The average molecular weight is 346 g/mol. The molecular weight excluding hydrogens is 324 g/mol. The Morgan fingerprint density at radius 3 is 2.58 bits per heavy atom. The molecule has 0 aliphatic heterocycles. The molecule has 0 atom stereocenters. The van der Waals surface area contributed by atoms with Gasteiger partial charge in [0.25, 0.3) is 0 Å². The lowest BCUT2D eigenvalue weighted by molar-refractivity contribution is 0.101. The first-order valence-electron chi connectivity index (χ1n) is 8.64. The van der Waals surface area contributed by atoms with E-state index in [1.165, 1.54) is 5.56 Å². The van der Waals surface area contributed by atoms with Crippen LogP contribution in [0.2, 0.25) is 0 Å². The quantitative estimate of drug-likeness (QED) is 0.612. The van der Waals surface area contributed by atoms with Crippen LogP contribution in [0.4, 0.5) is 23.1 Å².